The Morgan fingerprint density at radius 1 is 1.10 bits per heavy atom. The lowest BCUT2D eigenvalue weighted by atomic mass is 9.99. The molecule has 2 aromatic rings. The van der Waals surface area contributed by atoms with E-state index in [1.54, 1.807) is 0 Å². The molecule has 0 aliphatic carbocycles. The van der Waals surface area contributed by atoms with Gasteiger partial charge in [-0.2, -0.15) is 0 Å². The Morgan fingerprint density at radius 2 is 1.81 bits per heavy atom. The molecule has 0 spiro atoms. The second kappa shape index (κ2) is 6.27. The van der Waals surface area contributed by atoms with E-state index in [0.29, 0.717) is 0 Å². The molecule has 0 N–H and O–H groups in total. The van der Waals surface area contributed by atoms with Crippen molar-refractivity contribution in [3.05, 3.63) is 47.7 Å². The van der Waals surface area contributed by atoms with Gasteiger partial charge in [0.1, 0.15) is 11.9 Å². The molecule has 1 aromatic carbocycles. The third-order valence-electron chi connectivity index (χ3n) is 3.90. The Bertz CT molecular complexity index is 581. The number of benzene rings is 1. The van der Waals surface area contributed by atoms with Crippen molar-refractivity contribution in [1.29, 1.82) is 0 Å². The zero-order chi connectivity index (χ0) is 14.7. The lowest BCUT2D eigenvalue weighted by Gasteiger charge is -2.24. The first-order chi connectivity index (χ1) is 10.2. The number of pyridine rings is 1. The molecule has 0 bridgehead atoms. The Hall–Kier alpha value is -1.87. The van der Waals surface area contributed by atoms with Gasteiger partial charge in [0.2, 0.25) is 0 Å². The monoisotopic (exact) mass is 283 g/mol. The van der Waals surface area contributed by atoms with Crippen LogP contribution in [0.2, 0.25) is 0 Å². The fraction of sp³-hybridized carbons (Fsp3) is 0.389. The van der Waals surface area contributed by atoms with Crippen molar-refractivity contribution in [1.82, 2.24) is 4.98 Å². The fourth-order valence-electron chi connectivity index (χ4n) is 2.89. The van der Waals surface area contributed by atoms with E-state index >= 15 is 0 Å². The van der Waals surface area contributed by atoms with Crippen molar-refractivity contribution in [3.8, 4) is 17.0 Å². The maximum atomic E-state index is 6.11. The molecule has 0 atom stereocenters. The standard InChI is InChI=1S/C18H21NO2/c1-13-11-16(21-15-6-9-20-10-7-15)12-14(2)18(13)17-5-3-4-8-19-17/h3-5,8,11-12,15H,6-7,9-10H2,1-2H3. The van der Waals surface area contributed by atoms with Gasteiger partial charge in [0.05, 0.1) is 18.9 Å². The smallest absolute Gasteiger partial charge is 0.120 e. The average molecular weight is 283 g/mol. The second-order valence-corrected chi connectivity index (χ2v) is 5.58. The van der Waals surface area contributed by atoms with E-state index in [1.165, 1.54) is 16.7 Å². The molecule has 0 saturated carbocycles. The van der Waals surface area contributed by atoms with Gasteiger partial charge in [0.15, 0.2) is 0 Å². The molecule has 0 amide bonds. The van der Waals surface area contributed by atoms with Gasteiger partial charge in [-0.1, -0.05) is 6.07 Å². The number of hydrogen-bond acceptors (Lipinski definition) is 3. The molecule has 1 fully saturated rings. The Kier molecular flexibility index (Phi) is 4.20. The Balaban J connectivity index is 1.85. The summed E-state index contributed by atoms with van der Waals surface area (Å²) in [6.45, 7) is 5.84. The van der Waals surface area contributed by atoms with Crippen molar-refractivity contribution in [2.75, 3.05) is 13.2 Å². The minimum Gasteiger partial charge on any atom is -0.490 e. The van der Waals surface area contributed by atoms with Crippen LogP contribution in [0.15, 0.2) is 36.5 Å². The van der Waals surface area contributed by atoms with Crippen molar-refractivity contribution in [2.24, 2.45) is 0 Å². The SMILES string of the molecule is Cc1cc(OC2CCOCC2)cc(C)c1-c1ccccn1. The average Bonchev–Trinajstić information content (AvgIpc) is 2.49. The highest BCUT2D eigenvalue weighted by Crippen LogP contribution is 2.30. The van der Waals surface area contributed by atoms with Gasteiger partial charge in [0.25, 0.3) is 0 Å². The quantitative estimate of drug-likeness (QED) is 0.855. The molecule has 1 aliphatic heterocycles. The molecular formula is C18H21NO2. The normalized spacial score (nSPS) is 15.9. The van der Waals surface area contributed by atoms with Crippen molar-refractivity contribution < 1.29 is 9.47 Å². The number of hydrogen-bond donors (Lipinski definition) is 0. The van der Waals surface area contributed by atoms with Crippen LogP contribution in [0.1, 0.15) is 24.0 Å². The summed E-state index contributed by atoms with van der Waals surface area (Å²) in [6.07, 6.45) is 4.05. The largest absolute Gasteiger partial charge is 0.490 e. The van der Waals surface area contributed by atoms with E-state index in [9.17, 15) is 0 Å². The molecule has 110 valence electrons. The van der Waals surface area contributed by atoms with E-state index in [-0.39, 0.29) is 6.10 Å². The molecule has 1 saturated heterocycles. The number of rotatable bonds is 3. The van der Waals surface area contributed by atoms with Crippen LogP contribution < -0.4 is 4.74 Å². The lowest BCUT2D eigenvalue weighted by molar-refractivity contribution is 0.0255. The van der Waals surface area contributed by atoms with Crippen LogP contribution in [0, 0.1) is 13.8 Å². The predicted octanol–water partition coefficient (Wildman–Crippen LogP) is 3.92. The number of aryl methyl sites for hydroxylation is 2. The van der Waals surface area contributed by atoms with Crippen LogP contribution in [-0.4, -0.2) is 24.3 Å². The van der Waals surface area contributed by atoms with Gasteiger partial charge < -0.3 is 9.47 Å². The van der Waals surface area contributed by atoms with E-state index in [1.807, 2.05) is 24.4 Å². The third kappa shape index (κ3) is 3.24. The van der Waals surface area contributed by atoms with E-state index in [4.69, 9.17) is 9.47 Å². The van der Waals surface area contributed by atoms with Crippen LogP contribution in [0.5, 0.6) is 5.75 Å². The first-order valence-corrected chi connectivity index (χ1v) is 7.51. The van der Waals surface area contributed by atoms with Crippen molar-refractivity contribution in [3.63, 3.8) is 0 Å². The highest BCUT2D eigenvalue weighted by molar-refractivity contribution is 5.68. The zero-order valence-electron chi connectivity index (χ0n) is 12.6. The summed E-state index contributed by atoms with van der Waals surface area (Å²) in [5, 5.41) is 0. The highest BCUT2D eigenvalue weighted by atomic mass is 16.5. The van der Waals surface area contributed by atoms with Gasteiger partial charge in [-0.25, -0.2) is 0 Å². The molecule has 3 rings (SSSR count). The molecule has 3 heteroatoms. The van der Waals surface area contributed by atoms with Gasteiger partial charge in [-0.3, -0.25) is 4.98 Å². The van der Waals surface area contributed by atoms with Crippen molar-refractivity contribution >= 4 is 0 Å². The van der Waals surface area contributed by atoms with Gasteiger partial charge in [-0.05, 0) is 49.2 Å². The summed E-state index contributed by atoms with van der Waals surface area (Å²) < 4.78 is 11.5. The topological polar surface area (TPSA) is 31.4 Å². The van der Waals surface area contributed by atoms with Crippen LogP contribution in [0.3, 0.4) is 0 Å². The molecule has 3 nitrogen and oxygen atoms in total. The summed E-state index contributed by atoms with van der Waals surface area (Å²) in [5.41, 5.74) is 4.63. The summed E-state index contributed by atoms with van der Waals surface area (Å²) in [6, 6.07) is 10.2. The van der Waals surface area contributed by atoms with E-state index in [2.05, 4.69) is 31.0 Å². The van der Waals surface area contributed by atoms with Crippen LogP contribution in [0.25, 0.3) is 11.3 Å². The Morgan fingerprint density at radius 3 is 2.43 bits per heavy atom. The van der Waals surface area contributed by atoms with Crippen LogP contribution in [-0.2, 0) is 4.74 Å². The van der Waals surface area contributed by atoms with Crippen molar-refractivity contribution in [2.45, 2.75) is 32.8 Å². The molecule has 21 heavy (non-hydrogen) atoms. The predicted molar refractivity (Wildman–Crippen MR) is 83.6 cm³/mol. The molecule has 1 aromatic heterocycles. The Labute approximate surface area is 125 Å². The van der Waals surface area contributed by atoms with Gasteiger partial charge in [-0.15, -0.1) is 0 Å². The molecule has 0 radical (unpaired) electrons. The van der Waals surface area contributed by atoms with Gasteiger partial charge in [0, 0.05) is 24.6 Å². The summed E-state index contributed by atoms with van der Waals surface area (Å²) in [4.78, 5) is 4.46. The first-order valence-electron chi connectivity index (χ1n) is 7.51. The molecular weight excluding hydrogens is 262 g/mol. The fourth-order valence-corrected chi connectivity index (χ4v) is 2.89. The maximum absolute atomic E-state index is 6.11. The minimum absolute atomic E-state index is 0.276. The lowest BCUT2D eigenvalue weighted by Crippen LogP contribution is -2.25. The maximum Gasteiger partial charge on any atom is 0.120 e. The molecule has 0 unspecified atom stereocenters. The minimum atomic E-state index is 0.276. The second-order valence-electron chi connectivity index (χ2n) is 5.58. The zero-order valence-corrected chi connectivity index (χ0v) is 12.6. The highest BCUT2D eigenvalue weighted by Gasteiger charge is 2.16. The third-order valence-corrected chi connectivity index (χ3v) is 3.90. The van der Waals surface area contributed by atoms with E-state index < -0.39 is 0 Å². The summed E-state index contributed by atoms with van der Waals surface area (Å²) in [7, 11) is 0. The van der Waals surface area contributed by atoms with Crippen LogP contribution in [0.4, 0.5) is 0 Å². The van der Waals surface area contributed by atoms with E-state index in [0.717, 1.165) is 37.5 Å². The number of ether oxygens (including phenoxy) is 2. The van der Waals surface area contributed by atoms with Crippen LogP contribution >= 0.6 is 0 Å². The number of aromatic nitrogens is 1. The molecule has 2 heterocycles. The summed E-state index contributed by atoms with van der Waals surface area (Å²) >= 11 is 0. The first kappa shape index (κ1) is 14.1. The van der Waals surface area contributed by atoms with Gasteiger partial charge >= 0.3 is 0 Å². The molecule has 1 aliphatic rings. The number of nitrogens with zero attached hydrogens (tertiary/aromatic N) is 1. The summed E-state index contributed by atoms with van der Waals surface area (Å²) in [5.74, 6) is 0.955.